The van der Waals surface area contributed by atoms with E-state index >= 15 is 0 Å². The minimum absolute atomic E-state index is 0.0102. The Morgan fingerprint density at radius 1 is 1.25 bits per heavy atom. The smallest absolute Gasteiger partial charge is 0.325 e. The van der Waals surface area contributed by atoms with E-state index in [1.54, 1.807) is 0 Å². The van der Waals surface area contributed by atoms with E-state index in [0.717, 1.165) is 77.2 Å². The molecular formula is C32H38ClN4O2P. The number of rotatable bonds is 7. The van der Waals surface area contributed by atoms with Gasteiger partial charge < -0.3 is 9.64 Å². The molecule has 1 aromatic carbocycles. The molecule has 0 radical (unpaired) electrons. The van der Waals surface area contributed by atoms with Gasteiger partial charge in [0.1, 0.15) is 5.15 Å². The van der Waals surface area contributed by atoms with E-state index in [0.29, 0.717) is 17.0 Å². The minimum Gasteiger partial charge on any atom is -0.404 e. The minimum atomic E-state index is -0.0102. The SMILES string of the molecule is CCC(C)C(=O)C1=C(C2(CC)CC2)C(C)Cc2c1ccc1cnc(Oc3nc(Cl)c4c(n3)CCN(C)C4)c(P)c21. The van der Waals surface area contributed by atoms with Crippen LogP contribution in [0, 0.1) is 17.3 Å². The second kappa shape index (κ2) is 10.5. The molecular weight excluding hydrogens is 539 g/mol. The molecule has 1 saturated carbocycles. The van der Waals surface area contributed by atoms with Crippen molar-refractivity contribution in [1.29, 1.82) is 0 Å². The molecule has 210 valence electrons. The highest BCUT2D eigenvalue weighted by Crippen LogP contribution is 2.61. The number of likely N-dealkylation sites (N-methyl/N-ethyl adjacent to an activating group) is 1. The van der Waals surface area contributed by atoms with Crippen molar-refractivity contribution in [2.75, 3.05) is 13.6 Å². The molecule has 0 amide bonds. The van der Waals surface area contributed by atoms with Gasteiger partial charge >= 0.3 is 6.01 Å². The first kappa shape index (κ1) is 27.8. The van der Waals surface area contributed by atoms with Crippen LogP contribution in [0.3, 0.4) is 0 Å². The zero-order valence-electron chi connectivity index (χ0n) is 24.1. The van der Waals surface area contributed by atoms with Crippen molar-refractivity contribution in [3.8, 4) is 11.9 Å². The number of Topliss-reactive ketones (excluding diaryl/α,β-unsaturated/α-hetero) is 1. The summed E-state index contributed by atoms with van der Waals surface area (Å²) >= 11 is 6.55. The Labute approximate surface area is 244 Å². The van der Waals surface area contributed by atoms with Gasteiger partial charge in [0.05, 0.1) is 5.69 Å². The fourth-order valence-corrected chi connectivity index (χ4v) is 7.51. The third kappa shape index (κ3) is 4.57. The molecule has 6 rings (SSSR count). The maximum atomic E-state index is 14.0. The maximum absolute atomic E-state index is 14.0. The van der Waals surface area contributed by atoms with Crippen LogP contribution in [-0.4, -0.2) is 39.2 Å². The Hall–Kier alpha value is -2.40. The monoisotopic (exact) mass is 576 g/mol. The van der Waals surface area contributed by atoms with Crippen molar-refractivity contribution >= 4 is 48.3 Å². The Kier molecular flexibility index (Phi) is 7.26. The fraction of sp³-hybridized carbons (Fsp3) is 0.500. The summed E-state index contributed by atoms with van der Waals surface area (Å²) < 4.78 is 6.21. The summed E-state index contributed by atoms with van der Waals surface area (Å²) in [4.78, 5) is 30.0. The van der Waals surface area contributed by atoms with Crippen LogP contribution in [0.25, 0.3) is 16.3 Å². The van der Waals surface area contributed by atoms with E-state index in [1.807, 2.05) is 6.20 Å². The number of nitrogens with zero attached hydrogens (tertiary/aromatic N) is 4. The van der Waals surface area contributed by atoms with Gasteiger partial charge in [0, 0.05) is 53.5 Å². The molecule has 3 atom stereocenters. The van der Waals surface area contributed by atoms with E-state index < -0.39 is 0 Å². The molecule has 3 heterocycles. The molecule has 0 N–H and O–H groups in total. The zero-order valence-corrected chi connectivity index (χ0v) is 26.0. The molecule has 0 bridgehead atoms. The predicted octanol–water partition coefficient (Wildman–Crippen LogP) is 6.71. The molecule has 2 aromatic heterocycles. The van der Waals surface area contributed by atoms with Gasteiger partial charge in [0.15, 0.2) is 5.78 Å². The number of halogens is 1. The quantitative estimate of drug-likeness (QED) is 0.230. The van der Waals surface area contributed by atoms with Gasteiger partial charge in [-0.1, -0.05) is 60.7 Å². The van der Waals surface area contributed by atoms with Crippen LogP contribution in [-0.2, 0) is 24.2 Å². The number of allylic oxidation sites excluding steroid dienone is 2. The van der Waals surface area contributed by atoms with Crippen LogP contribution < -0.4 is 10.0 Å². The average molecular weight is 577 g/mol. The molecule has 0 saturated heterocycles. The number of hydrogen-bond donors (Lipinski definition) is 0. The lowest BCUT2D eigenvalue weighted by Crippen LogP contribution is -2.28. The molecule has 40 heavy (non-hydrogen) atoms. The molecule has 6 nitrogen and oxygen atoms in total. The predicted molar refractivity (Wildman–Crippen MR) is 164 cm³/mol. The first-order valence-corrected chi connectivity index (χ1v) is 15.5. The normalized spacial score (nSPS) is 20.7. The van der Waals surface area contributed by atoms with Gasteiger partial charge in [-0.3, -0.25) is 4.79 Å². The maximum Gasteiger partial charge on any atom is 0.325 e. The van der Waals surface area contributed by atoms with Crippen molar-refractivity contribution in [3.63, 3.8) is 0 Å². The van der Waals surface area contributed by atoms with Gasteiger partial charge in [0.2, 0.25) is 5.88 Å². The van der Waals surface area contributed by atoms with Crippen molar-refractivity contribution < 1.29 is 9.53 Å². The third-order valence-corrected chi connectivity index (χ3v) is 10.3. The van der Waals surface area contributed by atoms with Gasteiger partial charge in [-0.2, -0.15) is 9.97 Å². The largest absolute Gasteiger partial charge is 0.404 e. The van der Waals surface area contributed by atoms with Crippen LogP contribution in [0.15, 0.2) is 23.9 Å². The summed E-state index contributed by atoms with van der Waals surface area (Å²) in [6, 6.07) is 4.47. The number of fused-ring (bicyclic) bond motifs is 4. The van der Waals surface area contributed by atoms with E-state index in [9.17, 15) is 4.79 Å². The van der Waals surface area contributed by atoms with Crippen LogP contribution in [0.4, 0.5) is 0 Å². The Morgan fingerprint density at radius 2 is 2.02 bits per heavy atom. The van der Waals surface area contributed by atoms with Gasteiger partial charge in [-0.05, 0) is 72.6 Å². The third-order valence-electron chi connectivity index (χ3n) is 9.48. The number of carbonyl (C=O) groups excluding carboxylic acids is 1. The molecule has 1 fully saturated rings. The Balaban J connectivity index is 1.48. The summed E-state index contributed by atoms with van der Waals surface area (Å²) in [6.45, 7) is 10.4. The number of ketones is 1. The summed E-state index contributed by atoms with van der Waals surface area (Å²) in [5, 5.41) is 3.40. The topological polar surface area (TPSA) is 68.2 Å². The first-order chi connectivity index (χ1) is 19.2. The van der Waals surface area contributed by atoms with E-state index in [-0.39, 0.29) is 23.1 Å². The second-order valence-electron chi connectivity index (χ2n) is 12.0. The van der Waals surface area contributed by atoms with Crippen LogP contribution in [0.2, 0.25) is 5.15 Å². The highest BCUT2D eigenvalue weighted by molar-refractivity contribution is 7.28. The van der Waals surface area contributed by atoms with Crippen molar-refractivity contribution in [3.05, 3.63) is 51.4 Å². The highest BCUT2D eigenvalue weighted by atomic mass is 35.5. The highest BCUT2D eigenvalue weighted by Gasteiger charge is 2.49. The second-order valence-corrected chi connectivity index (χ2v) is 13.0. The summed E-state index contributed by atoms with van der Waals surface area (Å²) in [5.74, 6) is 1.01. The number of aromatic nitrogens is 3. The lowest BCUT2D eigenvalue weighted by atomic mass is 9.69. The Bertz CT molecular complexity index is 1560. The van der Waals surface area contributed by atoms with E-state index in [2.05, 4.69) is 71.0 Å². The lowest BCUT2D eigenvalue weighted by molar-refractivity contribution is -0.117. The number of ether oxygens (including phenoxy) is 1. The zero-order chi connectivity index (χ0) is 28.3. The van der Waals surface area contributed by atoms with Crippen molar-refractivity contribution in [2.45, 2.75) is 72.8 Å². The summed E-state index contributed by atoms with van der Waals surface area (Å²) in [5.41, 5.74) is 6.74. The first-order valence-electron chi connectivity index (χ1n) is 14.6. The summed E-state index contributed by atoms with van der Waals surface area (Å²) in [7, 11) is 4.91. The number of benzene rings is 1. The van der Waals surface area contributed by atoms with Crippen molar-refractivity contribution in [2.24, 2.45) is 17.3 Å². The van der Waals surface area contributed by atoms with Crippen molar-refractivity contribution in [1.82, 2.24) is 19.9 Å². The van der Waals surface area contributed by atoms with Gasteiger partial charge in [-0.25, -0.2) is 4.98 Å². The Morgan fingerprint density at radius 3 is 2.73 bits per heavy atom. The van der Waals surface area contributed by atoms with Gasteiger partial charge in [0.25, 0.3) is 0 Å². The summed E-state index contributed by atoms with van der Waals surface area (Å²) in [6.07, 6.45) is 7.82. The van der Waals surface area contributed by atoms with Crippen LogP contribution in [0.5, 0.6) is 11.9 Å². The molecule has 3 unspecified atom stereocenters. The molecule has 1 aliphatic heterocycles. The van der Waals surface area contributed by atoms with E-state index in [1.165, 1.54) is 24.0 Å². The molecule has 2 aliphatic carbocycles. The van der Waals surface area contributed by atoms with Gasteiger partial charge in [-0.15, -0.1) is 0 Å². The molecule has 0 spiro atoms. The molecule has 3 aromatic rings. The number of pyridine rings is 1. The lowest BCUT2D eigenvalue weighted by Gasteiger charge is -2.34. The number of carbonyl (C=O) groups is 1. The van der Waals surface area contributed by atoms with Crippen LogP contribution >= 0.6 is 20.8 Å². The molecule has 3 aliphatic rings. The fourth-order valence-electron chi connectivity index (χ4n) is 6.79. The number of hydrogen-bond acceptors (Lipinski definition) is 6. The molecule has 8 heteroatoms. The van der Waals surface area contributed by atoms with E-state index in [4.69, 9.17) is 21.3 Å². The standard InChI is InChI=1S/C32H38ClN4O2P/c1-6-17(3)27(38)25-20-9-8-19-15-34-30(39-31-35-23-10-13-37(5)16-22(23)29(33)36-31)28(40)24(19)21(20)14-18(4)26(25)32(7-2)11-12-32/h8-9,15,17-18H,6-7,10-14,16,40H2,1-5H3. The average Bonchev–Trinajstić information content (AvgIpc) is 3.74. The van der Waals surface area contributed by atoms with Crippen LogP contribution in [0.1, 0.15) is 75.8 Å².